The first-order valence-electron chi connectivity index (χ1n) is 4.35. The summed E-state index contributed by atoms with van der Waals surface area (Å²) in [6.45, 7) is 1.83. The van der Waals surface area contributed by atoms with Gasteiger partial charge < -0.3 is 9.52 Å². The molecule has 2 rings (SSSR count). The Labute approximate surface area is 71.4 Å². The Morgan fingerprint density at radius 3 is 2.83 bits per heavy atom. The zero-order chi connectivity index (χ0) is 8.55. The molecule has 1 saturated carbocycles. The number of hydrogen-bond acceptors (Lipinski definition) is 3. The molecular weight excluding hydrogens is 154 g/mol. The highest BCUT2D eigenvalue weighted by Crippen LogP contribution is 2.32. The normalized spacial score (nSPS) is 16.8. The first-order valence-corrected chi connectivity index (χ1v) is 4.35. The van der Waals surface area contributed by atoms with Gasteiger partial charge in [0, 0.05) is 6.42 Å². The SMILES string of the molecule is Cc1nc(CC2CC2)oc1CO. The first kappa shape index (κ1) is 7.80. The van der Waals surface area contributed by atoms with Crippen molar-refractivity contribution in [3.8, 4) is 0 Å². The maximum atomic E-state index is 8.85. The van der Waals surface area contributed by atoms with Crippen LogP contribution in [0, 0.1) is 12.8 Å². The molecule has 1 aromatic heterocycles. The predicted octanol–water partition coefficient (Wildman–Crippen LogP) is 1.43. The van der Waals surface area contributed by atoms with Gasteiger partial charge in [0.1, 0.15) is 6.61 Å². The summed E-state index contributed by atoms with van der Waals surface area (Å²) < 4.78 is 5.35. The number of rotatable bonds is 3. The Hall–Kier alpha value is -0.830. The van der Waals surface area contributed by atoms with Gasteiger partial charge in [0.05, 0.1) is 5.69 Å². The molecule has 0 bridgehead atoms. The lowest BCUT2D eigenvalue weighted by molar-refractivity contribution is 0.241. The molecule has 3 heteroatoms. The van der Waals surface area contributed by atoms with E-state index in [1.54, 1.807) is 0 Å². The number of hydrogen-bond donors (Lipinski definition) is 1. The number of oxazole rings is 1. The van der Waals surface area contributed by atoms with Crippen LogP contribution in [-0.2, 0) is 13.0 Å². The Morgan fingerprint density at radius 1 is 1.58 bits per heavy atom. The molecule has 0 saturated heterocycles. The number of aromatic nitrogens is 1. The summed E-state index contributed by atoms with van der Waals surface area (Å²) in [4.78, 5) is 4.23. The molecule has 0 radical (unpaired) electrons. The summed E-state index contributed by atoms with van der Waals surface area (Å²) in [5.41, 5.74) is 0.827. The summed E-state index contributed by atoms with van der Waals surface area (Å²) in [7, 11) is 0. The smallest absolute Gasteiger partial charge is 0.195 e. The van der Waals surface area contributed by atoms with Gasteiger partial charge in [-0.15, -0.1) is 0 Å². The van der Waals surface area contributed by atoms with Crippen LogP contribution in [-0.4, -0.2) is 10.1 Å². The summed E-state index contributed by atoms with van der Waals surface area (Å²) in [6.07, 6.45) is 3.55. The molecule has 66 valence electrons. The Morgan fingerprint density at radius 2 is 2.33 bits per heavy atom. The van der Waals surface area contributed by atoms with E-state index >= 15 is 0 Å². The summed E-state index contributed by atoms with van der Waals surface area (Å²) in [5.74, 6) is 2.19. The van der Waals surface area contributed by atoms with Crippen LogP contribution in [0.4, 0.5) is 0 Å². The minimum Gasteiger partial charge on any atom is -0.443 e. The Balaban J connectivity index is 2.10. The minimum absolute atomic E-state index is 0.0382. The number of nitrogens with zero attached hydrogens (tertiary/aromatic N) is 1. The molecule has 1 aromatic rings. The monoisotopic (exact) mass is 167 g/mol. The van der Waals surface area contributed by atoms with Crippen molar-refractivity contribution in [2.24, 2.45) is 5.92 Å². The minimum atomic E-state index is -0.0382. The molecule has 0 spiro atoms. The zero-order valence-electron chi connectivity index (χ0n) is 7.21. The van der Waals surface area contributed by atoms with Crippen molar-refractivity contribution in [2.45, 2.75) is 32.8 Å². The van der Waals surface area contributed by atoms with Crippen LogP contribution in [0.1, 0.15) is 30.2 Å². The van der Waals surface area contributed by atoms with E-state index in [0.29, 0.717) is 5.76 Å². The second-order valence-corrected chi connectivity index (χ2v) is 3.42. The van der Waals surface area contributed by atoms with E-state index < -0.39 is 0 Å². The van der Waals surface area contributed by atoms with Gasteiger partial charge in [-0.2, -0.15) is 0 Å². The average Bonchev–Trinajstić information content (AvgIpc) is 2.76. The Kier molecular flexibility index (Phi) is 1.89. The Bertz CT molecular complexity index is 276. The highest BCUT2D eigenvalue weighted by molar-refractivity contribution is 5.07. The molecule has 0 atom stereocenters. The van der Waals surface area contributed by atoms with Crippen molar-refractivity contribution >= 4 is 0 Å². The third kappa shape index (κ3) is 1.50. The van der Waals surface area contributed by atoms with E-state index in [1.807, 2.05) is 6.92 Å². The largest absolute Gasteiger partial charge is 0.443 e. The van der Waals surface area contributed by atoms with E-state index in [2.05, 4.69) is 4.98 Å². The fourth-order valence-corrected chi connectivity index (χ4v) is 1.29. The van der Waals surface area contributed by atoms with Gasteiger partial charge in [0.2, 0.25) is 0 Å². The third-order valence-electron chi connectivity index (χ3n) is 2.24. The van der Waals surface area contributed by atoms with Crippen LogP contribution >= 0.6 is 0 Å². The van der Waals surface area contributed by atoms with Crippen molar-refractivity contribution in [3.63, 3.8) is 0 Å². The molecular formula is C9H13NO2. The van der Waals surface area contributed by atoms with Crippen LogP contribution in [0.5, 0.6) is 0 Å². The quantitative estimate of drug-likeness (QED) is 0.740. The van der Waals surface area contributed by atoms with Gasteiger partial charge in [-0.05, 0) is 25.7 Å². The molecule has 1 aliphatic rings. The van der Waals surface area contributed by atoms with Crippen molar-refractivity contribution in [1.82, 2.24) is 4.98 Å². The lowest BCUT2D eigenvalue weighted by Crippen LogP contribution is -1.85. The van der Waals surface area contributed by atoms with E-state index in [4.69, 9.17) is 9.52 Å². The van der Waals surface area contributed by atoms with Crippen molar-refractivity contribution in [2.75, 3.05) is 0 Å². The van der Waals surface area contributed by atoms with E-state index in [0.717, 1.165) is 23.9 Å². The molecule has 1 heterocycles. The molecule has 3 nitrogen and oxygen atoms in total. The fraction of sp³-hybridized carbons (Fsp3) is 0.667. The molecule has 1 aliphatic carbocycles. The van der Waals surface area contributed by atoms with Crippen molar-refractivity contribution in [3.05, 3.63) is 17.3 Å². The summed E-state index contributed by atoms with van der Waals surface area (Å²) in [6, 6.07) is 0. The summed E-state index contributed by atoms with van der Waals surface area (Å²) >= 11 is 0. The summed E-state index contributed by atoms with van der Waals surface area (Å²) in [5, 5.41) is 8.85. The van der Waals surface area contributed by atoms with Crippen molar-refractivity contribution < 1.29 is 9.52 Å². The molecule has 0 unspecified atom stereocenters. The van der Waals surface area contributed by atoms with Gasteiger partial charge in [-0.1, -0.05) is 0 Å². The van der Waals surface area contributed by atoms with Crippen LogP contribution in [0.15, 0.2) is 4.42 Å². The van der Waals surface area contributed by atoms with Crippen LogP contribution < -0.4 is 0 Å². The van der Waals surface area contributed by atoms with Gasteiger partial charge in [0.25, 0.3) is 0 Å². The lowest BCUT2D eigenvalue weighted by Gasteiger charge is -1.89. The van der Waals surface area contributed by atoms with Crippen LogP contribution in [0.25, 0.3) is 0 Å². The van der Waals surface area contributed by atoms with Gasteiger partial charge in [0.15, 0.2) is 11.7 Å². The second-order valence-electron chi connectivity index (χ2n) is 3.42. The van der Waals surface area contributed by atoms with Crippen molar-refractivity contribution in [1.29, 1.82) is 0 Å². The van der Waals surface area contributed by atoms with E-state index in [9.17, 15) is 0 Å². The van der Waals surface area contributed by atoms with Gasteiger partial charge >= 0.3 is 0 Å². The van der Waals surface area contributed by atoms with E-state index in [1.165, 1.54) is 12.8 Å². The number of aliphatic hydroxyl groups is 1. The molecule has 1 fully saturated rings. The number of aryl methyl sites for hydroxylation is 1. The highest BCUT2D eigenvalue weighted by Gasteiger charge is 2.24. The third-order valence-corrected chi connectivity index (χ3v) is 2.24. The maximum absolute atomic E-state index is 8.85. The molecule has 12 heavy (non-hydrogen) atoms. The van der Waals surface area contributed by atoms with Crippen LogP contribution in [0.2, 0.25) is 0 Å². The molecule has 0 aromatic carbocycles. The standard InChI is InChI=1S/C9H13NO2/c1-6-8(5-11)12-9(10-6)4-7-2-3-7/h7,11H,2-5H2,1H3. The molecule has 0 aliphatic heterocycles. The molecule has 1 N–H and O–H groups in total. The number of aliphatic hydroxyl groups excluding tert-OH is 1. The topological polar surface area (TPSA) is 46.3 Å². The zero-order valence-corrected chi connectivity index (χ0v) is 7.21. The van der Waals surface area contributed by atoms with Gasteiger partial charge in [-0.25, -0.2) is 4.98 Å². The maximum Gasteiger partial charge on any atom is 0.195 e. The van der Waals surface area contributed by atoms with Crippen LogP contribution in [0.3, 0.4) is 0 Å². The fourth-order valence-electron chi connectivity index (χ4n) is 1.29. The predicted molar refractivity (Wildman–Crippen MR) is 43.6 cm³/mol. The first-order chi connectivity index (χ1) is 5.79. The lowest BCUT2D eigenvalue weighted by atomic mass is 10.3. The van der Waals surface area contributed by atoms with E-state index in [-0.39, 0.29) is 6.61 Å². The van der Waals surface area contributed by atoms with Gasteiger partial charge in [-0.3, -0.25) is 0 Å². The average molecular weight is 167 g/mol. The highest BCUT2D eigenvalue weighted by atomic mass is 16.4. The second kappa shape index (κ2) is 2.90. The molecule has 0 amide bonds.